The second-order valence-corrected chi connectivity index (χ2v) is 26.6. The van der Waals surface area contributed by atoms with E-state index in [4.69, 9.17) is 39.9 Å². The van der Waals surface area contributed by atoms with Crippen LogP contribution in [0, 0.1) is 0 Å². The van der Waals surface area contributed by atoms with E-state index in [1.54, 1.807) is 0 Å². The lowest BCUT2D eigenvalue weighted by atomic mass is 9.33. The van der Waals surface area contributed by atoms with Gasteiger partial charge in [-0.25, -0.2) is 39.9 Å². The maximum Gasteiger partial charge on any atom is 0.252 e. The summed E-state index contributed by atoms with van der Waals surface area (Å²) in [6.45, 7) is -0.0747. The standard InChI is InChI=1S/C94H60BN11/c1-8-29-61(30-9-1)78-60-79(62-31-10-2-11-32-62)97-91(96-78)69-52-55-82(106-80-48-25-22-45-73(80)74-58-68(51-54-81(74)106)93-99-88(63-33-12-3-13-34-63)98-89(100-93)64-35-14-4-15-36-64)75(59-69)94-102-90(65-37-16-5-17-38-65)101-92(103-94)67-40-28-39-66(57-67)72-53-56-85-86-87(72)105(71-43-20-7-21-44-71)84-50-27-24-47-77(84)95(86)76-46-23-26-49-83(76)104(85)70-41-18-6-19-42-70/h1-60H. The Morgan fingerprint density at radius 2 is 0.613 bits per heavy atom. The summed E-state index contributed by atoms with van der Waals surface area (Å²) in [5, 5.41) is 2.05. The van der Waals surface area contributed by atoms with Gasteiger partial charge in [0.2, 0.25) is 0 Å². The van der Waals surface area contributed by atoms with Gasteiger partial charge >= 0.3 is 0 Å². The van der Waals surface area contributed by atoms with Gasteiger partial charge in [-0.1, -0.05) is 267 Å². The summed E-state index contributed by atoms with van der Waals surface area (Å²) >= 11 is 0. The van der Waals surface area contributed by atoms with Gasteiger partial charge in [-0.2, -0.15) is 0 Å². The molecule has 106 heavy (non-hydrogen) atoms. The van der Waals surface area contributed by atoms with Crippen LogP contribution in [-0.2, 0) is 0 Å². The molecule has 0 saturated carbocycles. The van der Waals surface area contributed by atoms with Crippen LogP contribution in [-0.4, -0.2) is 51.2 Å². The molecule has 0 amide bonds. The fourth-order valence-corrected chi connectivity index (χ4v) is 15.5. The minimum absolute atomic E-state index is 0.0747. The van der Waals surface area contributed by atoms with Crippen molar-refractivity contribution in [2.45, 2.75) is 0 Å². The van der Waals surface area contributed by atoms with Gasteiger partial charge in [0.15, 0.2) is 40.8 Å². The molecule has 0 aliphatic carbocycles. The van der Waals surface area contributed by atoms with Crippen LogP contribution in [0.1, 0.15) is 0 Å². The van der Waals surface area contributed by atoms with E-state index in [1.807, 2.05) is 115 Å². The number of fused-ring (bicyclic) bond motifs is 7. The summed E-state index contributed by atoms with van der Waals surface area (Å²) < 4.78 is 2.33. The Morgan fingerprint density at radius 1 is 0.217 bits per heavy atom. The smallest absolute Gasteiger partial charge is 0.252 e. The lowest BCUT2D eigenvalue weighted by molar-refractivity contribution is 1.06. The summed E-state index contributed by atoms with van der Waals surface area (Å²) in [7, 11) is 0. The van der Waals surface area contributed by atoms with Crippen molar-refractivity contribution < 1.29 is 0 Å². The number of nitrogens with zero attached hydrogens (tertiary/aromatic N) is 11. The van der Waals surface area contributed by atoms with Crippen molar-refractivity contribution >= 4 is 79.0 Å². The Labute approximate surface area is 612 Å². The minimum Gasteiger partial charge on any atom is -0.311 e. The predicted octanol–water partition coefficient (Wildman–Crippen LogP) is 20.7. The second-order valence-electron chi connectivity index (χ2n) is 26.6. The van der Waals surface area contributed by atoms with Gasteiger partial charge in [-0.15, -0.1) is 0 Å². The predicted molar refractivity (Wildman–Crippen MR) is 432 cm³/mol. The van der Waals surface area contributed by atoms with Gasteiger partial charge in [0.05, 0.1) is 33.8 Å². The van der Waals surface area contributed by atoms with E-state index in [1.165, 1.54) is 16.4 Å². The molecular formula is C94H60BN11. The Kier molecular flexibility index (Phi) is 15.0. The third kappa shape index (κ3) is 10.8. The van der Waals surface area contributed by atoms with Crippen molar-refractivity contribution in [2.75, 3.05) is 9.80 Å². The average molecular weight is 1350 g/mol. The quantitative estimate of drug-likeness (QED) is 0.103. The first-order valence-corrected chi connectivity index (χ1v) is 35.6. The Balaban J connectivity index is 0.808. The van der Waals surface area contributed by atoms with Gasteiger partial charge in [0.25, 0.3) is 6.71 Å². The molecule has 0 spiro atoms. The Bertz CT molecular complexity index is 6280. The molecule has 0 N–H and O–H groups in total. The number of anilines is 6. The van der Waals surface area contributed by atoms with Crippen LogP contribution < -0.4 is 26.2 Å². The molecular weight excluding hydrogens is 1290 g/mol. The molecule has 14 aromatic carbocycles. The molecule has 0 bridgehead atoms. The summed E-state index contributed by atoms with van der Waals surface area (Å²) in [6, 6.07) is 127. The van der Waals surface area contributed by atoms with E-state index in [0.29, 0.717) is 40.8 Å². The van der Waals surface area contributed by atoms with Gasteiger partial charge in [-0.3, -0.25) is 0 Å². The molecule has 2 aliphatic rings. The molecule has 20 rings (SSSR count). The van der Waals surface area contributed by atoms with Gasteiger partial charge in [0, 0.05) is 94.8 Å². The zero-order valence-electron chi connectivity index (χ0n) is 57.1. The number of rotatable bonds is 13. The highest BCUT2D eigenvalue weighted by Gasteiger charge is 2.44. The highest BCUT2D eigenvalue weighted by molar-refractivity contribution is 7.00. The van der Waals surface area contributed by atoms with Crippen LogP contribution in [0.4, 0.5) is 34.1 Å². The first-order chi connectivity index (χ1) is 52.6. The maximum atomic E-state index is 5.73. The molecule has 0 radical (unpaired) electrons. The number of benzene rings is 14. The van der Waals surface area contributed by atoms with Gasteiger partial charge in [0.1, 0.15) is 0 Å². The number of hydrogen-bond donors (Lipinski definition) is 0. The van der Waals surface area contributed by atoms with Crippen molar-refractivity contribution in [3.8, 4) is 119 Å². The van der Waals surface area contributed by atoms with E-state index in [-0.39, 0.29) is 6.71 Å². The lowest BCUT2D eigenvalue weighted by Gasteiger charge is -2.45. The first-order valence-electron chi connectivity index (χ1n) is 35.6. The average Bonchev–Trinajstić information content (AvgIpc) is 0.841. The molecule has 18 aromatic rings. The molecule has 0 atom stereocenters. The monoisotopic (exact) mass is 1350 g/mol. The number of aromatic nitrogens is 9. The van der Waals surface area contributed by atoms with Gasteiger partial charge < -0.3 is 14.4 Å². The topological polar surface area (TPSA) is 115 Å². The molecule has 11 nitrogen and oxygen atoms in total. The van der Waals surface area contributed by atoms with Crippen LogP contribution in [0.15, 0.2) is 364 Å². The van der Waals surface area contributed by atoms with Crippen LogP contribution in [0.25, 0.3) is 141 Å². The molecule has 4 aromatic heterocycles. The molecule has 12 heteroatoms. The normalized spacial score (nSPS) is 12.1. The third-order valence-corrected chi connectivity index (χ3v) is 20.3. The number of hydrogen-bond acceptors (Lipinski definition) is 10. The Morgan fingerprint density at radius 3 is 1.18 bits per heavy atom. The van der Waals surface area contributed by atoms with Crippen molar-refractivity contribution in [3.63, 3.8) is 0 Å². The largest absolute Gasteiger partial charge is 0.311 e. The van der Waals surface area contributed by atoms with E-state index in [2.05, 4.69) is 263 Å². The fourth-order valence-electron chi connectivity index (χ4n) is 15.5. The summed E-state index contributed by atoms with van der Waals surface area (Å²) in [6.07, 6.45) is 0. The van der Waals surface area contributed by atoms with E-state index in [9.17, 15) is 0 Å². The highest BCUT2D eigenvalue weighted by Crippen LogP contribution is 2.49. The van der Waals surface area contributed by atoms with Crippen LogP contribution >= 0.6 is 0 Å². The zero-order chi connectivity index (χ0) is 70.0. The van der Waals surface area contributed by atoms with Crippen molar-refractivity contribution in [1.29, 1.82) is 0 Å². The Hall–Kier alpha value is -14.4. The van der Waals surface area contributed by atoms with E-state index in [0.717, 1.165) is 134 Å². The minimum atomic E-state index is -0.0747. The highest BCUT2D eigenvalue weighted by atomic mass is 15.2. The molecule has 0 unspecified atom stereocenters. The fraction of sp³-hybridized carbons (Fsp3) is 0. The maximum absolute atomic E-state index is 5.73. The SMILES string of the molecule is c1ccc(-c2cc(-c3ccccc3)nc(-c3ccc(-n4c5ccccc5c5cc(-c6nc(-c7ccccc7)nc(-c7ccccc7)n6)ccc54)c(-c4nc(-c5ccccc5)nc(-c5cccc(-c6ccc7c8c6N(c6ccccc6)c6ccccc6B8c6ccccc6N7c6ccccc6)c5)n4)c3)n2)cc1. The second kappa shape index (κ2) is 25.9. The number of para-hydroxylation sites is 5. The van der Waals surface area contributed by atoms with E-state index < -0.39 is 0 Å². The molecule has 0 fully saturated rings. The molecule has 6 heterocycles. The van der Waals surface area contributed by atoms with Gasteiger partial charge in [-0.05, 0) is 119 Å². The van der Waals surface area contributed by atoms with Crippen LogP contribution in [0.3, 0.4) is 0 Å². The van der Waals surface area contributed by atoms with Crippen LogP contribution in [0.2, 0.25) is 0 Å². The van der Waals surface area contributed by atoms with E-state index >= 15 is 0 Å². The zero-order valence-corrected chi connectivity index (χ0v) is 57.1. The van der Waals surface area contributed by atoms with Crippen LogP contribution in [0.5, 0.6) is 0 Å². The first kappa shape index (κ1) is 61.5. The molecule has 2 aliphatic heterocycles. The molecule has 494 valence electrons. The summed E-state index contributed by atoms with van der Waals surface area (Å²) in [4.78, 5) is 48.0. The molecule has 0 saturated heterocycles. The third-order valence-electron chi connectivity index (χ3n) is 20.3. The van der Waals surface area contributed by atoms with Crippen molar-refractivity contribution in [2.24, 2.45) is 0 Å². The van der Waals surface area contributed by atoms with Crippen molar-refractivity contribution in [1.82, 2.24) is 44.4 Å². The summed E-state index contributed by atoms with van der Waals surface area (Å²) in [5.74, 6) is 3.77. The summed E-state index contributed by atoms with van der Waals surface area (Å²) in [5.41, 5.74) is 24.6. The lowest BCUT2D eigenvalue weighted by Crippen LogP contribution is -2.61. The van der Waals surface area contributed by atoms with Crippen molar-refractivity contribution in [3.05, 3.63) is 364 Å².